The maximum Gasteiger partial charge on any atom is 0.317 e. The van der Waals surface area contributed by atoms with Crippen LogP contribution in [0.15, 0.2) is 12.3 Å². The van der Waals surface area contributed by atoms with Crippen molar-refractivity contribution in [2.24, 2.45) is 0 Å². The number of carbonyl (C=O) groups is 1. The number of nitrogen functional groups attached to an aromatic ring is 2. The molecule has 2 heterocycles. The van der Waals surface area contributed by atoms with Gasteiger partial charge in [-0.2, -0.15) is 0 Å². The summed E-state index contributed by atoms with van der Waals surface area (Å²) in [6.07, 6.45) is 3.95. The number of amides is 2. The molecular weight excluding hydrogens is 340 g/mol. The largest absolute Gasteiger partial charge is 0.398 e. The Kier molecular flexibility index (Phi) is 4.42. The highest BCUT2D eigenvalue weighted by Gasteiger charge is 2.41. The van der Waals surface area contributed by atoms with Crippen LogP contribution in [0.4, 0.5) is 16.2 Å². The summed E-state index contributed by atoms with van der Waals surface area (Å²) < 4.78 is 0. The normalized spacial score (nSPS) is 24.6. The maximum absolute atomic E-state index is 12.5. The van der Waals surface area contributed by atoms with Gasteiger partial charge in [-0.15, -0.1) is 0 Å². The molecule has 146 valence electrons. The molecule has 0 spiro atoms. The molecule has 1 fully saturated rings. The first-order valence-corrected chi connectivity index (χ1v) is 9.88. The fourth-order valence-corrected chi connectivity index (χ4v) is 5.07. The molecule has 1 aliphatic carbocycles. The number of nitrogens with one attached hydrogen (secondary N) is 2. The summed E-state index contributed by atoms with van der Waals surface area (Å²) in [6.45, 7) is 6.30. The summed E-state index contributed by atoms with van der Waals surface area (Å²) in [6, 6.07) is 2.39. The zero-order valence-electron chi connectivity index (χ0n) is 16.4. The molecule has 2 aromatic rings. The van der Waals surface area contributed by atoms with Crippen LogP contribution < -0.4 is 16.8 Å². The average molecular weight is 371 g/mol. The summed E-state index contributed by atoms with van der Waals surface area (Å²) in [7, 11) is 2.15. The van der Waals surface area contributed by atoms with Gasteiger partial charge in [0.2, 0.25) is 0 Å². The summed E-state index contributed by atoms with van der Waals surface area (Å²) in [5.41, 5.74) is 17.6. The van der Waals surface area contributed by atoms with Crippen LogP contribution >= 0.6 is 0 Å². The second-order valence-corrected chi connectivity index (χ2v) is 7.90. The number of carbonyl (C=O) groups excluding carboxylic acids is 1. The van der Waals surface area contributed by atoms with Crippen LogP contribution in [0, 0.1) is 0 Å². The number of rotatable bonds is 3. The predicted molar refractivity (Wildman–Crippen MR) is 110 cm³/mol. The molecule has 2 aliphatic rings. The Morgan fingerprint density at radius 3 is 2.78 bits per heavy atom. The van der Waals surface area contributed by atoms with E-state index in [0.29, 0.717) is 11.7 Å². The number of aromatic amines is 1. The molecule has 6 N–H and O–H groups in total. The van der Waals surface area contributed by atoms with E-state index < -0.39 is 0 Å². The number of nitrogens with zero attached hydrogens (tertiary/aromatic N) is 2. The first-order valence-electron chi connectivity index (χ1n) is 9.88. The van der Waals surface area contributed by atoms with Crippen LogP contribution in [0.5, 0.6) is 0 Å². The van der Waals surface area contributed by atoms with Gasteiger partial charge in [0.1, 0.15) is 0 Å². The number of hydrogen-bond acceptors (Lipinski definition) is 4. The Balaban J connectivity index is 1.67. The van der Waals surface area contributed by atoms with Crippen LogP contribution in [0.25, 0.3) is 10.9 Å². The second-order valence-electron chi connectivity index (χ2n) is 7.90. The van der Waals surface area contributed by atoms with E-state index in [1.165, 1.54) is 16.5 Å². The van der Waals surface area contributed by atoms with E-state index >= 15 is 0 Å². The Bertz CT molecular complexity index is 871. The lowest BCUT2D eigenvalue weighted by molar-refractivity contribution is 0.124. The zero-order valence-corrected chi connectivity index (χ0v) is 16.4. The van der Waals surface area contributed by atoms with Crippen molar-refractivity contribution < 1.29 is 4.79 Å². The Hall–Kier alpha value is -2.41. The minimum atomic E-state index is 0.0189. The van der Waals surface area contributed by atoms with Crippen molar-refractivity contribution in [2.45, 2.75) is 44.7 Å². The number of aromatic nitrogens is 1. The van der Waals surface area contributed by atoms with Crippen molar-refractivity contribution in [3.63, 3.8) is 0 Å². The van der Waals surface area contributed by atoms with E-state index in [9.17, 15) is 4.79 Å². The van der Waals surface area contributed by atoms with Crippen LogP contribution in [-0.4, -0.2) is 59.6 Å². The molecule has 2 amide bonds. The molecule has 1 saturated heterocycles. The van der Waals surface area contributed by atoms with Gasteiger partial charge in [0, 0.05) is 54.9 Å². The third kappa shape index (κ3) is 2.81. The molecule has 1 aliphatic heterocycles. The van der Waals surface area contributed by atoms with Gasteiger partial charge >= 0.3 is 6.03 Å². The fourth-order valence-electron chi connectivity index (χ4n) is 5.07. The number of benzene rings is 1. The first kappa shape index (κ1) is 18.0. The number of likely N-dealkylation sites (N-methyl/N-ethyl adjacent to an activating group) is 1. The Morgan fingerprint density at radius 1 is 1.33 bits per heavy atom. The van der Waals surface area contributed by atoms with Crippen LogP contribution in [-0.2, 0) is 6.42 Å². The third-order valence-corrected chi connectivity index (χ3v) is 6.40. The van der Waals surface area contributed by atoms with Gasteiger partial charge in [0.15, 0.2) is 0 Å². The van der Waals surface area contributed by atoms with E-state index in [1.807, 2.05) is 24.8 Å². The summed E-state index contributed by atoms with van der Waals surface area (Å²) in [5.74, 6) is 0.289. The summed E-state index contributed by atoms with van der Waals surface area (Å²) in [4.78, 5) is 20.1. The molecule has 3 atom stereocenters. The third-order valence-electron chi connectivity index (χ3n) is 6.40. The predicted octanol–water partition coefficient (Wildman–Crippen LogP) is 2.10. The van der Waals surface area contributed by atoms with Gasteiger partial charge in [-0.3, -0.25) is 0 Å². The van der Waals surface area contributed by atoms with E-state index in [2.05, 4.69) is 28.4 Å². The molecule has 0 radical (unpaired) electrons. The SMILES string of the molecule is CCN(CC)C(=O)N[C@H]1C[C@@H]2c3c(N)cc(N)c4[nH]cc(c34)C[C@H]2N(C)C1. The first-order chi connectivity index (χ1) is 12.9. The number of anilines is 2. The van der Waals surface area contributed by atoms with Crippen molar-refractivity contribution in [3.05, 3.63) is 23.4 Å². The van der Waals surface area contributed by atoms with Crippen LogP contribution in [0.1, 0.15) is 37.3 Å². The molecule has 27 heavy (non-hydrogen) atoms. The monoisotopic (exact) mass is 370 g/mol. The topological polar surface area (TPSA) is 103 Å². The number of likely N-dealkylation sites (tertiary alicyclic amines) is 1. The van der Waals surface area contributed by atoms with E-state index in [-0.39, 0.29) is 18.0 Å². The highest BCUT2D eigenvalue weighted by atomic mass is 16.2. The Labute approximate surface area is 160 Å². The van der Waals surface area contributed by atoms with Gasteiger partial charge in [0.05, 0.1) is 11.2 Å². The molecule has 7 nitrogen and oxygen atoms in total. The number of piperidine rings is 1. The van der Waals surface area contributed by atoms with Crippen molar-refractivity contribution in [2.75, 3.05) is 38.1 Å². The standard InChI is InChI=1S/C20H30N6O/c1-4-26(5-2)20(27)24-12-7-13-16(25(3)10-12)6-11-9-23-19-15(22)8-14(21)18(13)17(11)19/h8-9,12-13,16,23H,4-7,10,21-22H2,1-3H3,(H,24,27)/t12-,13-,16+/m0/s1. The van der Waals surface area contributed by atoms with Crippen molar-refractivity contribution in [3.8, 4) is 0 Å². The van der Waals surface area contributed by atoms with E-state index in [1.54, 1.807) is 0 Å². The highest BCUT2D eigenvalue weighted by Crippen LogP contribution is 2.47. The van der Waals surface area contributed by atoms with Crippen LogP contribution in [0.2, 0.25) is 0 Å². The maximum atomic E-state index is 12.5. The molecule has 4 rings (SSSR count). The van der Waals surface area contributed by atoms with E-state index in [0.717, 1.165) is 43.7 Å². The second kappa shape index (κ2) is 6.64. The van der Waals surface area contributed by atoms with Gasteiger partial charge in [0.25, 0.3) is 0 Å². The smallest absolute Gasteiger partial charge is 0.317 e. The summed E-state index contributed by atoms with van der Waals surface area (Å²) in [5, 5.41) is 4.43. The fraction of sp³-hybridized carbons (Fsp3) is 0.550. The molecular formula is C20H30N6O. The van der Waals surface area contributed by atoms with Crippen molar-refractivity contribution in [1.82, 2.24) is 20.1 Å². The van der Waals surface area contributed by atoms with Crippen molar-refractivity contribution in [1.29, 1.82) is 0 Å². The minimum Gasteiger partial charge on any atom is -0.398 e. The number of hydrogen-bond donors (Lipinski definition) is 4. The molecule has 1 aromatic carbocycles. The van der Waals surface area contributed by atoms with Gasteiger partial charge in [-0.25, -0.2) is 4.79 Å². The lowest BCUT2D eigenvalue weighted by Gasteiger charge is -2.46. The number of nitrogens with two attached hydrogens (primary N) is 2. The molecule has 0 unspecified atom stereocenters. The molecule has 0 saturated carbocycles. The molecule has 7 heteroatoms. The van der Waals surface area contributed by atoms with Gasteiger partial charge in [-0.1, -0.05) is 0 Å². The highest BCUT2D eigenvalue weighted by molar-refractivity contribution is 5.99. The lowest BCUT2D eigenvalue weighted by atomic mass is 9.73. The number of urea groups is 1. The average Bonchev–Trinajstić information content (AvgIpc) is 3.04. The minimum absolute atomic E-state index is 0.0189. The quantitative estimate of drug-likeness (QED) is 0.621. The molecule has 0 bridgehead atoms. The number of H-pyrrole nitrogens is 1. The van der Waals surface area contributed by atoms with Gasteiger partial charge in [-0.05, 0) is 50.9 Å². The summed E-state index contributed by atoms with van der Waals surface area (Å²) >= 11 is 0. The zero-order chi connectivity index (χ0) is 19.3. The lowest BCUT2D eigenvalue weighted by Crippen LogP contribution is -2.56. The van der Waals surface area contributed by atoms with Crippen molar-refractivity contribution >= 4 is 28.3 Å². The van der Waals surface area contributed by atoms with E-state index in [4.69, 9.17) is 11.5 Å². The number of fused-ring (bicyclic) bond motifs is 2. The molecule has 1 aromatic heterocycles. The van der Waals surface area contributed by atoms with Crippen LogP contribution in [0.3, 0.4) is 0 Å². The van der Waals surface area contributed by atoms with Gasteiger partial charge < -0.3 is 31.6 Å². The Morgan fingerprint density at radius 2 is 2.07 bits per heavy atom.